The van der Waals surface area contributed by atoms with Crippen LogP contribution in [0.2, 0.25) is 0 Å². The van der Waals surface area contributed by atoms with Crippen molar-refractivity contribution in [1.29, 1.82) is 0 Å². The zero-order valence-corrected chi connectivity index (χ0v) is 17.9. The van der Waals surface area contributed by atoms with Crippen molar-refractivity contribution in [1.82, 2.24) is 15.2 Å². The van der Waals surface area contributed by atoms with E-state index in [1.54, 1.807) is 60.8 Å². The molecule has 0 fully saturated rings. The molecule has 1 amide bonds. The Kier molecular flexibility index (Phi) is 5.29. The third-order valence-electron chi connectivity index (χ3n) is 5.03. The number of nitrogens with zero attached hydrogens (tertiary/aromatic N) is 2. The first kappa shape index (κ1) is 20.4. The van der Waals surface area contributed by atoms with Crippen LogP contribution in [-0.4, -0.2) is 38.2 Å². The van der Waals surface area contributed by atoms with Crippen molar-refractivity contribution in [3.05, 3.63) is 93.8 Å². The number of thiophene rings is 1. The predicted octanol–water partition coefficient (Wildman–Crippen LogP) is 4.89. The molecule has 5 aromatic rings. The summed E-state index contributed by atoms with van der Waals surface area (Å²) in [5, 5.41) is 22.2. The fraction of sp³-hybridized carbons (Fsp3) is 0. The molecular weight excluding hydrogens is 438 g/mol. The molecule has 8 nitrogen and oxygen atoms in total. The number of anilines is 1. The number of hydrogen-bond acceptors (Lipinski definition) is 6. The average molecular weight is 455 g/mol. The zero-order valence-electron chi connectivity index (χ0n) is 17.1. The normalized spacial score (nSPS) is 11.3. The molecule has 0 saturated carbocycles. The van der Waals surface area contributed by atoms with Gasteiger partial charge in [-0.25, -0.2) is 4.99 Å². The highest BCUT2D eigenvalue weighted by Crippen LogP contribution is 2.28. The van der Waals surface area contributed by atoms with Crippen molar-refractivity contribution in [3.8, 4) is 5.88 Å². The number of benzene rings is 2. The lowest BCUT2D eigenvalue weighted by Crippen LogP contribution is -2.11. The highest BCUT2D eigenvalue weighted by Gasteiger charge is 2.15. The Labute approximate surface area is 191 Å². The Morgan fingerprint density at radius 2 is 1.94 bits per heavy atom. The number of H-pyrrole nitrogens is 2. The van der Waals surface area contributed by atoms with E-state index in [9.17, 15) is 14.7 Å². The summed E-state index contributed by atoms with van der Waals surface area (Å²) in [4.78, 5) is 33.3. The van der Waals surface area contributed by atoms with E-state index in [1.165, 1.54) is 17.6 Å². The second-order valence-electron chi connectivity index (χ2n) is 7.19. The molecule has 3 aromatic heterocycles. The zero-order chi connectivity index (χ0) is 22.8. The van der Waals surface area contributed by atoms with Crippen molar-refractivity contribution in [2.75, 3.05) is 5.32 Å². The van der Waals surface area contributed by atoms with Gasteiger partial charge in [0.2, 0.25) is 0 Å². The molecule has 0 saturated heterocycles. The highest BCUT2D eigenvalue weighted by molar-refractivity contribution is 7.12. The maximum Gasteiger partial charge on any atom is 0.265 e. The molecule has 33 heavy (non-hydrogen) atoms. The maximum absolute atomic E-state index is 13.2. The molecular formula is C24H17N5O3S. The minimum absolute atomic E-state index is 0.0452. The Balaban J connectivity index is 1.44. The molecule has 4 N–H and O–H groups in total. The minimum Gasteiger partial charge on any atom is -0.494 e. The van der Waals surface area contributed by atoms with Gasteiger partial charge < -0.3 is 15.4 Å². The second kappa shape index (κ2) is 8.56. The van der Waals surface area contributed by atoms with E-state index in [2.05, 4.69) is 25.5 Å². The van der Waals surface area contributed by atoms with Gasteiger partial charge in [-0.1, -0.05) is 18.2 Å². The SMILES string of the molecule is O=C(c1cccc(NC(=O)c2cccs2)c1)c1ccc2[nH]c(O)c(/C=N/c3ccn[nH]3)c2c1. The summed E-state index contributed by atoms with van der Waals surface area (Å²) in [6.45, 7) is 0. The van der Waals surface area contributed by atoms with E-state index in [1.807, 2.05) is 11.4 Å². The van der Waals surface area contributed by atoms with Crippen molar-refractivity contribution in [2.45, 2.75) is 0 Å². The summed E-state index contributed by atoms with van der Waals surface area (Å²) in [6.07, 6.45) is 3.09. The summed E-state index contributed by atoms with van der Waals surface area (Å²) in [5.74, 6) is 0.0647. The summed E-state index contributed by atoms with van der Waals surface area (Å²) in [6, 6.07) is 17.2. The number of nitrogens with one attached hydrogen (secondary N) is 3. The van der Waals surface area contributed by atoms with Gasteiger partial charge in [0.25, 0.3) is 5.91 Å². The van der Waals surface area contributed by atoms with Crippen LogP contribution in [0, 0.1) is 0 Å². The average Bonchev–Trinajstić information content (AvgIpc) is 3.58. The van der Waals surface area contributed by atoms with E-state index >= 15 is 0 Å². The van der Waals surface area contributed by atoms with E-state index in [4.69, 9.17) is 0 Å². The molecule has 0 atom stereocenters. The molecule has 162 valence electrons. The highest BCUT2D eigenvalue weighted by atomic mass is 32.1. The fourth-order valence-electron chi connectivity index (χ4n) is 3.43. The van der Waals surface area contributed by atoms with E-state index in [0.29, 0.717) is 44.0 Å². The molecule has 0 bridgehead atoms. The van der Waals surface area contributed by atoms with Gasteiger partial charge >= 0.3 is 0 Å². The van der Waals surface area contributed by atoms with Crippen LogP contribution in [0.4, 0.5) is 11.5 Å². The second-order valence-corrected chi connectivity index (χ2v) is 8.14. The van der Waals surface area contributed by atoms with E-state index < -0.39 is 0 Å². The molecule has 0 spiro atoms. The van der Waals surface area contributed by atoms with Gasteiger partial charge in [-0.15, -0.1) is 11.3 Å². The number of aliphatic imine (C=N–C) groups is 1. The van der Waals surface area contributed by atoms with E-state index in [-0.39, 0.29) is 17.6 Å². The first-order chi connectivity index (χ1) is 16.1. The van der Waals surface area contributed by atoms with Crippen molar-refractivity contribution in [2.24, 2.45) is 4.99 Å². The number of ketones is 1. The van der Waals surface area contributed by atoms with Gasteiger partial charge in [0, 0.05) is 40.0 Å². The van der Waals surface area contributed by atoms with Crippen LogP contribution in [0.25, 0.3) is 10.9 Å². The Morgan fingerprint density at radius 1 is 1.06 bits per heavy atom. The largest absolute Gasteiger partial charge is 0.494 e. The Morgan fingerprint density at radius 3 is 2.73 bits per heavy atom. The predicted molar refractivity (Wildman–Crippen MR) is 128 cm³/mol. The van der Waals surface area contributed by atoms with Crippen molar-refractivity contribution in [3.63, 3.8) is 0 Å². The smallest absolute Gasteiger partial charge is 0.265 e. The standard InChI is InChI=1S/C24H17N5O3S/c30-22(14-3-1-4-16(11-14)27-24(32)20-5-2-10-33-20)15-6-7-19-17(12-15)18(23(31)28-19)13-25-21-8-9-26-29-21/h1-13,28,31H,(H,26,29)(H,27,32)/b25-13+. The van der Waals surface area contributed by atoms with Crippen LogP contribution >= 0.6 is 11.3 Å². The van der Waals surface area contributed by atoms with Gasteiger partial charge in [-0.3, -0.25) is 14.7 Å². The summed E-state index contributed by atoms with van der Waals surface area (Å²) >= 11 is 1.35. The molecule has 0 aliphatic heterocycles. The van der Waals surface area contributed by atoms with Crippen molar-refractivity contribution >= 4 is 51.6 Å². The Hall–Kier alpha value is -4.50. The van der Waals surface area contributed by atoms with Crippen LogP contribution < -0.4 is 5.32 Å². The Bertz CT molecular complexity index is 1480. The van der Waals surface area contributed by atoms with Gasteiger partial charge in [-0.05, 0) is 41.8 Å². The topological polar surface area (TPSA) is 123 Å². The number of aromatic amines is 2. The number of carbonyl (C=O) groups excluding carboxylic acids is 2. The van der Waals surface area contributed by atoms with Gasteiger partial charge in [-0.2, -0.15) is 5.10 Å². The lowest BCUT2D eigenvalue weighted by atomic mass is 10.0. The van der Waals surface area contributed by atoms with Crippen LogP contribution in [0.3, 0.4) is 0 Å². The number of aromatic nitrogens is 3. The molecule has 0 unspecified atom stereocenters. The summed E-state index contributed by atoms with van der Waals surface area (Å²) < 4.78 is 0. The number of carbonyl (C=O) groups is 2. The first-order valence-corrected chi connectivity index (χ1v) is 10.8. The quantitative estimate of drug-likeness (QED) is 0.215. The first-order valence-electron chi connectivity index (χ1n) is 9.96. The minimum atomic E-state index is -0.222. The van der Waals surface area contributed by atoms with Crippen molar-refractivity contribution < 1.29 is 14.7 Å². The van der Waals surface area contributed by atoms with Crippen LogP contribution in [-0.2, 0) is 0 Å². The van der Waals surface area contributed by atoms with Crippen LogP contribution in [0.1, 0.15) is 31.2 Å². The van der Waals surface area contributed by atoms with Crippen LogP contribution in [0.5, 0.6) is 5.88 Å². The molecule has 0 aliphatic carbocycles. The van der Waals surface area contributed by atoms with Crippen LogP contribution in [0.15, 0.2) is 77.2 Å². The van der Waals surface area contributed by atoms with Gasteiger partial charge in [0.1, 0.15) is 5.82 Å². The fourth-order valence-corrected chi connectivity index (χ4v) is 4.05. The lowest BCUT2D eigenvalue weighted by Gasteiger charge is -2.07. The molecule has 0 radical (unpaired) electrons. The maximum atomic E-state index is 13.2. The number of hydrogen-bond donors (Lipinski definition) is 4. The monoisotopic (exact) mass is 455 g/mol. The van der Waals surface area contributed by atoms with E-state index in [0.717, 1.165) is 0 Å². The summed E-state index contributed by atoms with van der Waals surface area (Å²) in [7, 11) is 0. The number of fused-ring (bicyclic) bond motifs is 1. The molecule has 3 heterocycles. The number of amides is 1. The number of aromatic hydroxyl groups is 1. The third kappa shape index (κ3) is 4.17. The molecule has 2 aromatic carbocycles. The van der Waals surface area contributed by atoms with Gasteiger partial charge in [0.15, 0.2) is 11.7 Å². The molecule has 0 aliphatic rings. The summed E-state index contributed by atoms with van der Waals surface area (Å²) in [5.41, 5.74) is 2.55. The van der Waals surface area contributed by atoms with Gasteiger partial charge in [0.05, 0.1) is 16.6 Å². The third-order valence-corrected chi connectivity index (χ3v) is 5.90. The lowest BCUT2D eigenvalue weighted by molar-refractivity contribution is 0.102. The number of rotatable bonds is 6. The molecule has 9 heteroatoms. The molecule has 5 rings (SSSR count).